The van der Waals surface area contributed by atoms with Crippen LogP contribution in [0.25, 0.3) is 0 Å². The fourth-order valence-electron chi connectivity index (χ4n) is 3.03. The molecule has 0 N–H and O–H groups in total. The molecule has 1 aromatic carbocycles. The van der Waals surface area contributed by atoms with Crippen LogP contribution >= 0.6 is 11.6 Å². The lowest BCUT2D eigenvalue weighted by molar-refractivity contribution is 0.0941. The van der Waals surface area contributed by atoms with Crippen molar-refractivity contribution >= 4 is 17.4 Å². The number of benzene rings is 1. The third kappa shape index (κ3) is 3.73. The Morgan fingerprint density at radius 3 is 2.42 bits per heavy atom. The quantitative estimate of drug-likeness (QED) is 0.747. The first-order valence-corrected chi connectivity index (χ1v) is 7.30. The zero-order valence-corrected chi connectivity index (χ0v) is 12.5. The fraction of sp³-hybridized carbons (Fsp3) is 0.562. The summed E-state index contributed by atoms with van der Waals surface area (Å²) in [6, 6.07) is 5.27. The molecule has 2 atom stereocenters. The molecule has 0 amide bonds. The third-order valence-electron chi connectivity index (χ3n) is 3.75. The van der Waals surface area contributed by atoms with Crippen molar-refractivity contribution in [3.05, 3.63) is 28.8 Å². The summed E-state index contributed by atoms with van der Waals surface area (Å²) in [5, 5.41) is 0.572. The molecule has 0 spiro atoms. The van der Waals surface area contributed by atoms with Gasteiger partial charge in [-0.1, -0.05) is 25.4 Å². The van der Waals surface area contributed by atoms with Crippen molar-refractivity contribution in [3.8, 4) is 5.75 Å². The summed E-state index contributed by atoms with van der Waals surface area (Å²) >= 11 is 5.94. The van der Waals surface area contributed by atoms with Crippen LogP contribution in [-0.2, 0) is 0 Å². The van der Waals surface area contributed by atoms with Gasteiger partial charge in [0.2, 0.25) is 0 Å². The minimum Gasteiger partial charge on any atom is -0.490 e. The smallest absolute Gasteiger partial charge is 0.163 e. The van der Waals surface area contributed by atoms with Gasteiger partial charge in [0, 0.05) is 5.02 Å². The summed E-state index contributed by atoms with van der Waals surface area (Å²) in [5.41, 5.74) is 0.582. The van der Waals surface area contributed by atoms with Crippen LogP contribution in [0.15, 0.2) is 18.2 Å². The van der Waals surface area contributed by atoms with Crippen molar-refractivity contribution in [2.24, 2.45) is 11.8 Å². The Kier molecular flexibility index (Phi) is 4.51. The van der Waals surface area contributed by atoms with Crippen molar-refractivity contribution in [1.82, 2.24) is 0 Å². The van der Waals surface area contributed by atoms with Crippen LogP contribution in [0.5, 0.6) is 5.75 Å². The number of rotatable bonds is 3. The highest BCUT2D eigenvalue weighted by molar-refractivity contribution is 6.31. The number of hydrogen-bond acceptors (Lipinski definition) is 2. The number of Topliss-reactive ketones (excluding diaryl/α,β-unsaturated/α-hetero) is 1. The van der Waals surface area contributed by atoms with Crippen LogP contribution in [0.4, 0.5) is 0 Å². The monoisotopic (exact) mass is 280 g/mol. The maximum absolute atomic E-state index is 11.7. The summed E-state index contributed by atoms with van der Waals surface area (Å²) < 4.78 is 6.06. The minimum atomic E-state index is -0.00518. The van der Waals surface area contributed by atoms with Gasteiger partial charge in [-0.25, -0.2) is 0 Å². The number of carbonyl (C=O) groups is 1. The van der Waals surface area contributed by atoms with Crippen molar-refractivity contribution in [2.45, 2.75) is 46.1 Å². The molecule has 1 aliphatic carbocycles. The summed E-state index contributed by atoms with van der Waals surface area (Å²) in [7, 11) is 0. The largest absolute Gasteiger partial charge is 0.490 e. The van der Waals surface area contributed by atoms with Gasteiger partial charge in [0.25, 0.3) is 0 Å². The van der Waals surface area contributed by atoms with E-state index in [2.05, 4.69) is 13.8 Å². The number of hydrogen-bond donors (Lipinski definition) is 0. The first kappa shape index (κ1) is 14.4. The molecule has 0 aliphatic heterocycles. The Balaban J connectivity index is 2.16. The van der Waals surface area contributed by atoms with E-state index in [4.69, 9.17) is 16.3 Å². The van der Waals surface area contributed by atoms with Gasteiger partial charge >= 0.3 is 0 Å². The van der Waals surface area contributed by atoms with Crippen LogP contribution in [0.2, 0.25) is 5.02 Å². The zero-order valence-electron chi connectivity index (χ0n) is 11.8. The molecule has 1 saturated carbocycles. The lowest BCUT2D eigenvalue weighted by Crippen LogP contribution is -2.28. The molecule has 2 rings (SSSR count). The van der Waals surface area contributed by atoms with Crippen LogP contribution in [-0.4, -0.2) is 11.9 Å². The second-order valence-corrected chi connectivity index (χ2v) is 6.29. The summed E-state index contributed by atoms with van der Waals surface area (Å²) in [5.74, 6) is 2.03. The van der Waals surface area contributed by atoms with E-state index in [9.17, 15) is 4.79 Å². The molecule has 0 radical (unpaired) electrons. The van der Waals surface area contributed by atoms with E-state index in [0.29, 0.717) is 28.2 Å². The Labute approximate surface area is 120 Å². The topological polar surface area (TPSA) is 26.3 Å². The third-order valence-corrected chi connectivity index (χ3v) is 3.98. The van der Waals surface area contributed by atoms with Crippen LogP contribution in [0, 0.1) is 11.8 Å². The van der Waals surface area contributed by atoms with Gasteiger partial charge in [-0.3, -0.25) is 4.79 Å². The van der Waals surface area contributed by atoms with Crippen LogP contribution < -0.4 is 4.74 Å². The SMILES string of the molecule is CC(=O)c1cc(Cl)ccc1OC1CC(C)CC(C)C1. The minimum absolute atomic E-state index is 0.00518. The van der Waals surface area contributed by atoms with E-state index in [0.717, 1.165) is 12.8 Å². The Morgan fingerprint density at radius 2 is 1.84 bits per heavy atom. The summed E-state index contributed by atoms with van der Waals surface area (Å²) in [6.45, 7) is 6.07. The normalized spacial score (nSPS) is 27.1. The van der Waals surface area contributed by atoms with Crippen LogP contribution in [0.1, 0.15) is 50.4 Å². The number of ether oxygens (including phenoxy) is 1. The van der Waals surface area contributed by atoms with Gasteiger partial charge in [0.05, 0.1) is 11.7 Å². The molecule has 2 nitrogen and oxygen atoms in total. The number of halogens is 1. The van der Waals surface area contributed by atoms with Crippen LogP contribution in [0.3, 0.4) is 0 Å². The van der Waals surface area contributed by atoms with Gasteiger partial charge in [-0.15, -0.1) is 0 Å². The van der Waals surface area contributed by atoms with E-state index in [1.54, 1.807) is 19.1 Å². The first-order valence-electron chi connectivity index (χ1n) is 6.93. The van der Waals surface area contributed by atoms with Gasteiger partial charge in [-0.05, 0) is 56.2 Å². The molecule has 3 heteroatoms. The summed E-state index contributed by atoms with van der Waals surface area (Å²) in [4.78, 5) is 11.7. The second-order valence-electron chi connectivity index (χ2n) is 5.85. The zero-order chi connectivity index (χ0) is 14.0. The first-order chi connectivity index (χ1) is 8.95. The molecule has 0 aromatic heterocycles. The molecule has 19 heavy (non-hydrogen) atoms. The lowest BCUT2D eigenvalue weighted by atomic mass is 9.82. The molecule has 1 fully saturated rings. The molecular weight excluding hydrogens is 260 g/mol. The Morgan fingerprint density at radius 1 is 1.21 bits per heavy atom. The van der Waals surface area contributed by atoms with E-state index in [1.807, 2.05) is 6.07 Å². The molecule has 104 valence electrons. The molecule has 0 bridgehead atoms. The predicted molar refractivity (Wildman–Crippen MR) is 78.1 cm³/mol. The van der Waals surface area contributed by atoms with Gasteiger partial charge in [0.1, 0.15) is 5.75 Å². The maximum Gasteiger partial charge on any atom is 0.163 e. The average Bonchev–Trinajstić information content (AvgIpc) is 2.30. The Hall–Kier alpha value is -1.02. The van der Waals surface area contributed by atoms with E-state index in [-0.39, 0.29) is 11.9 Å². The molecular formula is C16H21ClO2. The van der Waals surface area contributed by atoms with Crippen molar-refractivity contribution in [1.29, 1.82) is 0 Å². The van der Waals surface area contributed by atoms with Crippen molar-refractivity contribution in [2.75, 3.05) is 0 Å². The lowest BCUT2D eigenvalue weighted by Gasteiger charge is -2.32. The maximum atomic E-state index is 11.7. The second kappa shape index (κ2) is 5.96. The van der Waals surface area contributed by atoms with Crippen molar-refractivity contribution in [3.63, 3.8) is 0 Å². The standard InChI is InChI=1S/C16H21ClO2/c1-10-6-11(2)8-14(7-10)19-16-5-4-13(17)9-15(16)12(3)18/h4-5,9-11,14H,6-8H2,1-3H3. The molecule has 2 unspecified atom stereocenters. The molecule has 1 aliphatic rings. The highest BCUT2D eigenvalue weighted by Gasteiger charge is 2.26. The van der Waals surface area contributed by atoms with E-state index in [1.165, 1.54) is 6.42 Å². The van der Waals surface area contributed by atoms with Gasteiger partial charge in [-0.2, -0.15) is 0 Å². The predicted octanol–water partition coefficient (Wildman–Crippen LogP) is 4.75. The molecule has 1 aromatic rings. The van der Waals surface area contributed by atoms with Gasteiger partial charge < -0.3 is 4.74 Å². The number of carbonyl (C=O) groups excluding carboxylic acids is 1. The van der Waals surface area contributed by atoms with Gasteiger partial charge in [0.15, 0.2) is 5.78 Å². The Bertz CT molecular complexity index is 460. The number of ketones is 1. The molecule has 0 saturated heterocycles. The van der Waals surface area contributed by atoms with Crippen molar-refractivity contribution < 1.29 is 9.53 Å². The average molecular weight is 281 g/mol. The van der Waals surface area contributed by atoms with E-state index >= 15 is 0 Å². The highest BCUT2D eigenvalue weighted by Crippen LogP contribution is 2.33. The summed E-state index contributed by atoms with van der Waals surface area (Å²) in [6.07, 6.45) is 3.59. The highest BCUT2D eigenvalue weighted by atomic mass is 35.5. The fourth-order valence-corrected chi connectivity index (χ4v) is 3.20. The van der Waals surface area contributed by atoms with E-state index < -0.39 is 0 Å². The molecule has 0 heterocycles.